The van der Waals surface area contributed by atoms with Crippen LogP contribution in [0.2, 0.25) is 0 Å². The molecule has 3 aromatic heterocycles. The zero-order valence-corrected chi connectivity index (χ0v) is 16.8. The monoisotopic (exact) mass is 410 g/mol. The molecular weight excluding hydrogens is 392 g/mol. The standard InChI is InChI=1S/C19H18N6OS2/c1-2-10-25-23-18(22-24-25)17-16(13-7-4-3-5-8-13)21-19(28-17)20-15(26)12-14-9-6-11-27-14/h3-9,11H,2,10,12H2,1H3,(H,20,21,26). The van der Waals surface area contributed by atoms with Gasteiger partial charge in [0.15, 0.2) is 5.13 Å². The number of thiazole rings is 1. The second-order valence-electron chi connectivity index (χ2n) is 6.08. The molecule has 0 atom stereocenters. The number of nitrogens with one attached hydrogen (secondary N) is 1. The third kappa shape index (κ3) is 4.15. The number of thiophene rings is 1. The molecule has 1 amide bonds. The van der Waals surface area contributed by atoms with E-state index < -0.39 is 0 Å². The van der Waals surface area contributed by atoms with Gasteiger partial charge in [-0.15, -0.1) is 21.5 Å². The van der Waals surface area contributed by atoms with Crippen molar-refractivity contribution in [3.8, 4) is 22.0 Å². The largest absolute Gasteiger partial charge is 0.302 e. The Balaban J connectivity index is 1.64. The van der Waals surface area contributed by atoms with Crippen molar-refractivity contribution in [3.63, 3.8) is 0 Å². The third-order valence-electron chi connectivity index (χ3n) is 3.92. The summed E-state index contributed by atoms with van der Waals surface area (Å²) in [5.74, 6) is 0.425. The summed E-state index contributed by atoms with van der Waals surface area (Å²) < 4.78 is 0. The van der Waals surface area contributed by atoms with Gasteiger partial charge in [-0.2, -0.15) is 4.80 Å². The molecule has 0 radical (unpaired) electrons. The van der Waals surface area contributed by atoms with Crippen LogP contribution in [0.5, 0.6) is 0 Å². The molecule has 7 nitrogen and oxygen atoms in total. The summed E-state index contributed by atoms with van der Waals surface area (Å²) in [6, 6.07) is 13.7. The van der Waals surface area contributed by atoms with E-state index in [1.807, 2.05) is 47.8 Å². The van der Waals surface area contributed by atoms with Crippen molar-refractivity contribution in [1.82, 2.24) is 25.2 Å². The molecule has 1 N–H and O–H groups in total. The minimum absolute atomic E-state index is 0.0926. The van der Waals surface area contributed by atoms with Crippen LogP contribution in [-0.2, 0) is 17.8 Å². The summed E-state index contributed by atoms with van der Waals surface area (Å²) in [6.45, 7) is 2.77. The van der Waals surface area contributed by atoms with Gasteiger partial charge in [0.05, 0.1) is 18.7 Å². The molecule has 0 saturated heterocycles. The average molecular weight is 411 g/mol. The highest BCUT2D eigenvalue weighted by Gasteiger charge is 2.20. The molecular formula is C19H18N6OS2. The Morgan fingerprint density at radius 2 is 2.04 bits per heavy atom. The summed E-state index contributed by atoms with van der Waals surface area (Å²) in [5.41, 5.74) is 1.69. The van der Waals surface area contributed by atoms with E-state index in [9.17, 15) is 4.79 Å². The van der Waals surface area contributed by atoms with Crippen LogP contribution in [-0.4, -0.2) is 31.1 Å². The smallest absolute Gasteiger partial charge is 0.231 e. The van der Waals surface area contributed by atoms with Crippen LogP contribution in [0.3, 0.4) is 0 Å². The number of rotatable bonds is 7. The average Bonchev–Trinajstić information content (AvgIpc) is 3.44. The van der Waals surface area contributed by atoms with E-state index in [1.54, 1.807) is 16.1 Å². The summed E-state index contributed by atoms with van der Waals surface area (Å²) in [5, 5.41) is 18.2. The van der Waals surface area contributed by atoms with Crippen LogP contribution in [0.25, 0.3) is 22.0 Å². The molecule has 0 saturated carbocycles. The Morgan fingerprint density at radius 3 is 2.79 bits per heavy atom. The number of carbonyl (C=O) groups is 1. The van der Waals surface area contributed by atoms with Gasteiger partial charge >= 0.3 is 0 Å². The molecule has 4 rings (SSSR count). The van der Waals surface area contributed by atoms with Gasteiger partial charge in [-0.25, -0.2) is 4.98 Å². The van der Waals surface area contributed by atoms with E-state index >= 15 is 0 Å². The summed E-state index contributed by atoms with van der Waals surface area (Å²) in [6.07, 6.45) is 1.26. The molecule has 1 aromatic carbocycles. The highest BCUT2D eigenvalue weighted by molar-refractivity contribution is 7.19. The van der Waals surface area contributed by atoms with Crippen molar-refractivity contribution >= 4 is 33.7 Å². The predicted octanol–water partition coefficient (Wildman–Crippen LogP) is 4.12. The van der Waals surface area contributed by atoms with Gasteiger partial charge in [0.2, 0.25) is 11.7 Å². The molecule has 0 bridgehead atoms. The lowest BCUT2D eigenvalue weighted by molar-refractivity contribution is -0.115. The van der Waals surface area contributed by atoms with Gasteiger partial charge in [0, 0.05) is 10.4 Å². The highest BCUT2D eigenvalue weighted by atomic mass is 32.1. The fraction of sp³-hybridized carbons (Fsp3) is 0.211. The molecule has 0 spiro atoms. The van der Waals surface area contributed by atoms with E-state index in [2.05, 4.69) is 32.6 Å². The van der Waals surface area contributed by atoms with Gasteiger partial charge in [0.1, 0.15) is 4.88 Å². The van der Waals surface area contributed by atoms with Gasteiger partial charge < -0.3 is 5.32 Å². The highest BCUT2D eigenvalue weighted by Crippen LogP contribution is 2.37. The second-order valence-corrected chi connectivity index (χ2v) is 8.11. The minimum atomic E-state index is -0.0926. The number of hydrogen-bond donors (Lipinski definition) is 1. The second kappa shape index (κ2) is 8.41. The van der Waals surface area contributed by atoms with Crippen LogP contribution in [0, 0.1) is 0 Å². The number of amides is 1. The Kier molecular flexibility index (Phi) is 5.54. The van der Waals surface area contributed by atoms with E-state index in [4.69, 9.17) is 0 Å². The molecule has 4 aromatic rings. The number of aromatic nitrogens is 5. The van der Waals surface area contributed by atoms with Crippen molar-refractivity contribution < 1.29 is 4.79 Å². The molecule has 0 aliphatic carbocycles. The number of anilines is 1. The molecule has 142 valence electrons. The molecule has 0 unspecified atom stereocenters. The SMILES string of the molecule is CCCn1nnc(-c2sc(NC(=O)Cc3cccs3)nc2-c2ccccc2)n1. The number of aryl methyl sites for hydroxylation is 1. The lowest BCUT2D eigenvalue weighted by Gasteiger charge is -1.99. The Hall–Kier alpha value is -2.91. The lowest BCUT2D eigenvalue weighted by Crippen LogP contribution is -2.13. The Morgan fingerprint density at radius 1 is 1.18 bits per heavy atom. The Labute approximate surface area is 170 Å². The van der Waals surface area contributed by atoms with Crippen LogP contribution < -0.4 is 5.32 Å². The summed E-state index contributed by atoms with van der Waals surface area (Å²) in [7, 11) is 0. The van der Waals surface area contributed by atoms with Gasteiger partial charge in [0.25, 0.3) is 0 Å². The zero-order chi connectivity index (χ0) is 19.3. The normalized spacial score (nSPS) is 10.9. The van der Waals surface area contributed by atoms with Crippen molar-refractivity contribution in [3.05, 3.63) is 52.7 Å². The summed E-state index contributed by atoms with van der Waals surface area (Å²) >= 11 is 2.92. The zero-order valence-electron chi connectivity index (χ0n) is 15.2. The molecule has 9 heteroatoms. The minimum Gasteiger partial charge on any atom is -0.302 e. The van der Waals surface area contributed by atoms with E-state index in [0.29, 0.717) is 23.9 Å². The fourth-order valence-electron chi connectivity index (χ4n) is 2.68. The number of nitrogens with zero attached hydrogens (tertiary/aromatic N) is 5. The van der Waals surface area contributed by atoms with E-state index in [0.717, 1.165) is 27.4 Å². The molecule has 0 fully saturated rings. The number of carbonyl (C=O) groups excluding carboxylic acids is 1. The maximum atomic E-state index is 12.4. The number of benzene rings is 1. The van der Waals surface area contributed by atoms with Gasteiger partial charge in [-0.3, -0.25) is 4.79 Å². The molecule has 0 aliphatic rings. The van der Waals surface area contributed by atoms with Crippen molar-refractivity contribution in [2.45, 2.75) is 26.3 Å². The van der Waals surface area contributed by atoms with E-state index in [-0.39, 0.29) is 5.91 Å². The predicted molar refractivity (Wildman–Crippen MR) is 111 cm³/mol. The quantitative estimate of drug-likeness (QED) is 0.495. The molecule has 0 aliphatic heterocycles. The van der Waals surface area contributed by atoms with Crippen molar-refractivity contribution in [2.75, 3.05) is 5.32 Å². The van der Waals surface area contributed by atoms with E-state index in [1.165, 1.54) is 11.3 Å². The number of hydrogen-bond acceptors (Lipinski definition) is 7. The van der Waals surface area contributed by atoms with Crippen molar-refractivity contribution in [1.29, 1.82) is 0 Å². The first kappa shape index (κ1) is 18.5. The maximum Gasteiger partial charge on any atom is 0.231 e. The van der Waals surface area contributed by atoms with Crippen LogP contribution in [0.15, 0.2) is 47.8 Å². The van der Waals surface area contributed by atoms with Crippen molar-refractivity contribution in [2.24, 2.45) is 0 Å². The first-order chi connectivity index (χ1) is 13.7. The van der Waals surface area contributed by atoms with Crippen LogP contribution >= 0.6 is 22.7 Å². The van der Waals surface area contributed by atoms with Crippen LogP contribution in [0.1, 0.15) is 18.2 Å². The first-order valence-electron chi connectivity index (χ1n) is 8.89. The van der Waals surface area contributed by atoms with Crippen LogP contribution in [0.4, 0.5) is 5.13 Å². The topological polar surface area (TPSA) is 85.6 Å². The van der Waals surface area contributed by atoms with Gasteiger partial charge in [-0.05, 0) is 23.1 Å². The summed E-state index contributed by atoms with van der Waals surface area (Å²) in [4.78, 5) is 20.4. The van der Waals surface area contributed by atoms with Gasteiger partial charge in [-0.1, -0.05) is 54.7 Å². The number of tetrazole rings is 1. The maximum absolute atomic E-state index is 12.4. The molecule has 28 heavy (non-hydrogen) atoms. The first-order valence-corrected chi connectivity index (χ1v) is 10.6. The third-order valence-corrected chi connectivity index (χ3v) is 5.76. The Bertz CT molecular complexity index is 1060. The lowest BCUT2D eigenvalue weighted by atomic mass is 10.1. The fourth-order valence-corrected chi connectivity index (χ4v) is 4.31. The molecule has 3 heterocycles.